The summed E-state index contributed by atoms with van der Waals surface area (Å²) >= 11 is 1.21. The largest absolute Gasteiger partial charge is 0.463 e. The van der Waals surface area contributed by atoms with Gasteiger partial charge in [0.25, 0.3) is 0 Å². The maximum Gasteiger partial charge on any atom is 0.303 e. The average Bonchev–Trinajstić information content (AvgIpc) is 3.26. The Morgan fingerprint density at radius 3 is 2.05 bits per heavy atom. The van der Waals surface area contributed by atoms with Gasteiger partial charge in [-0.2, -0.15) is 0 Å². The molecule has 1 aromatic carbocycles. The van der Waals surface area contributed by atoms with E-state index in [1.165, 1.54) is 65.1 Å². The lowest BCUT2D eigenvalue weighted by Crippen LogP contribution is -2.61. The number of imidazole rings is 1. The molecule has 0 bridgehead atoms. The van der Waals surface area contributed by atoms with E-state index in [9.17, 15) is 19.2 Å². The predicted molar refractivity (Wildman–Crippen MR) is 156 cm³/mol. The summed E-state index contributed by atoms with van der Waals surface area (Å²) in [6, 6.07) is 7.79. The number of carbonyl (C=O) groups is 4. The number of aromatic nitrogens is 2. The summed E-state index contributed by atoms with van der Waals surface area (Å²) in [5.41, 5.74) is 0.820. The number of hydrogen-bond acceptors (Lipinski definition) is 11. The quantitative estimate of drug-likeness (QED) is 0.155. The number of rotatable bonds is 15. The zero-order chi connectivity index (χ0) is 30.6. The van der Waals surface area contributed by atoms with Gasteiger partial charge in [-0.1, -0.05) is 69.3 Å². The van der Waals surface area contributed by atoms with Gasteiger partial charge >= 0.3 is 23.9 Å². The number of unbranched alkanes of at least 4 members (excludes halogenated alkanes) is 6. The van der Waals surface area contributed by atoms with Crippen molar-refractivity contribution in [3.8, 4) is 0 Å². The second-order valence-electron chi connectivity index (χ2n) is 10.3. The number of fused-ring (bicyclic) bond motifs is 1. The minimum atomic E-state index is -1.22. The highest BCUT2D eigenvalue weighted by Crippen LogP contribution is 2.38. The van der Waals surface area contributed by atoms with E-state index in [2.05, 4.69) is 11.5 Å². The van der Waals surface area contributed by atoms with Gasteiger partial charge < -0.3 is 28.3 Å². The van der Waals surface area contributed by atoms with Crippen molar-refractivity contribution >= 4 is 46.7 Å². The van der Waals surface area contributed by atoms with E-state index >= 15 is 0 Å². The molecule has 0 radical (unpaired) electrons. The summed E-state index contributed by atoms with van der Waals surface area (Å²) in [4.78, 5) is 52.9. The molecule has 11 nitrogen and oxygen atoms in total. The summed E-state index contributed by atoms with van der Waals surface area (Å²) in [7, 11) is 0. The molecule has 2 aromatic rings. The Bertz CT molecular complexity index is 1220. The molecule has 3 rings (SSSR count). The van der Waals surface area contributed by atoms with Gasteiger partial charge in [0.05, 0.1) is 11.0 Å². The third kappa shape index (κ3) is 9.72. The maximum atomic E-state index is 12.2. The van der Waals surface area contributed by atoms with E-state index in [0.717, 1.165) is 36.8 Å². The SMILES string of the molecule is CCCCCCCCCn1c(SC2OC(COC(C)=O)C(OC(C)=O)C(OC(C)=O)C2OC(C)=O)nc2ccccc21. The normalized spacial score (nSPS) is 22.0. The van der Waals surface area contributed by atoms with Crippen LogP contribution >= 0.6 is 11.8 Å². The fraction of sp³-hybridized carbons (Fsp3) is 0.633. The van der Waals surface area contributed by atoms with E-state index in [1.807, 2.05) is 24.3 Å². The van der Waals surface area contributed by atoms with Crippen LogP contribution in [0.3, 0.4) is 0 Å². The predicted octanol–water partition coefficient (Wildman–Crippen LogP) is 4.96. The van der Waals surface area contributed by atoms with Crippen molar-refractivity contribution in [2.45, 2.75) is 121 Å². The molecule has 5 atom stereocenters. The number of benzene rings is 1. The minimum absolute atomic E-state index is 0.274. The number of nitrogens with zero attached hydrogens (tertiary/aromatic N) is 2. The number of para-hydroxylation sites is 2. The van der Waals surface area contributed by atoms with Crippen LogP contribution in [0.4, 0.5) is 0 Å². The van der Waals surface area contributed by atoms with E-state index < -0.39 is 53.7 Å². The van der Waals surface area contributed by atoms with Crippen molar-refractivity contribution in [2.75, 3.05) is 6.61 Å². The number of hydrogen-bond donors (Lipinski definition) is 0. The van der Waals surface area contributed by atoms with Crippen LogP contribution in [0.5, 0.6) is 0 Å². The van der Waals surface area contributed by atoms with Gasteiger partial charge in [-0.15, -0.1) is 0 Å². The second-order valence-corrected chi connectivity index (χ2v) is 11.4. The Morgan fingerprint density at radius 2 is 1.40 bits per heavy atom. The van der Waals surface area contributed by atoms with Crippen LogP contribution in [0.15, 0.2) is 29.4 Å². The van der Waals surface area contributed by atoms with Gasteiger partial charge in [0.15, 0.2) is 28.9 Å². The summed E-state index contributed by atoms with van der Waals surface area (Å²) in [5.74, 6) is -2.54. The topological polar surface area (TPSA) is 132 Å². The van der Waals surface area contributed by atoms with E-state index in [0.29, 0.717) is 5.16 Å². The average molecular weight is 607 g/mol. The first-order valence-corrected chi connectivity index (χ1v) is 15.4. The summed E-state index contributed by atoms with van der Waals surface area (Å²) < 4.78 is 30.3. The first kappa shape index (κ1) is 33.4. The van der Waals surface area contributed by atoms with Crippen molar-refractivity contribution in [3.05, 3.63) is 24.3 Å². The third-order valence-electron chi connectivity index (χ3n) is 6.77. The maximum absolute atomic E-state index is 12.2. The first-order valence-electron chi connectivity index (χ1n) is 14.5. The standard InChI is InChI=1S/C30H42N2O9S/c1-6-7-8-9-10-11-14-17-32-24-16-13-12-15-23(24)31-30(32)42-29-28(40-22(5)36)27(39-21(4)35)26(38-20(3)34)25(41-29)18-37-19(2)33/h12-13,15-16,25-29H,6-11,14,17-18H2,1-5H3. The molecule has 2 heterocycles. The lowest BCUT2D eigenvalue weighted by molar-refractivity contribution is -0.237. The van der Waals surface area contributed by atoms with Gasteiger partial charge in [0.2, 0.25) is 0 Å². The highest BCUT2D eigenvalue weighted by molar-refractivity contribution is 7.99. The van der Waals surface area contributed by atoms with Crippen molar-refractivity contribution in [1.82, 2.24) is 9.55 Å². The molecule has 0 aliphatic carbocycles. The molecular weight excluding hydrogens is 564 g/mol. The van der Waals surface area contributed by atoms with Gasteiger partial charge in [-0.25, -0.2) is 4.98 Å². The van der Waals surface area contributed by atoms with Gasteiger partial charge in [0, 0.05) is 34.2 Å². The van der Waals surface area contributed by atoms with Gasteiger partial charge in [-0.05, 0) is 18.6 Å². The number of ether oxygens (including phenoxy) is 5. The number of esters is 4. The Hall–Kier alpha value is -3.12. The molecule has 12 heteroatoms. The molecule has 42 heavy (non-hydrogen) atoms. The molecule has 0 amide bonds. The Kier molecular flexibility index (Phi) is 13.1. The van der Waals surface area contributed by atoms with E-state index in [1.54, 1.807) is 0 Å². The summed E-state index contributed by atoms with van der Waals surface area (Å²) in [6.07, 6.45) is 3.55. The van der Waals surface area contributed by atoms with Crippen LogP contribution in [0.1, 0.15) is 79.6 Å². The monoisotopic (exact) mass is 606 g/mol. The first-order chi connectivity index (χ1) is 20.1. The number of carbonyl (C=O) groups excluding carboxylic acids is 4. The molecular formula is C30H42N2O9S. The zero-order valence-electron chi connectivity index (χ0n) is 25.0. The molecule has 5 unspecified atom stereocenters. The minimum Gasteiger partial charge on any atom is -0.463 e. The summed E-state index contributed by atoms with van der Waals surface area (Å²) in [5, 5.41) is 0.628. The fourth-order valence-corrected chi connectivity index (χ4v) is 6.19. The Morgan fingerprint density at radius 1 is 0.810 bits per heavy atom. The Balaban J connectivity index is 1.94. The van der Waals surface area contributed by atoms with Crippen molar-refractivity contribution < 1.29 is 42.9 Å². The van der Waals surface area contributed by atoms with Crippen molar-refractivity contribution in [1.29, 1.82) is 0 Å². The van der Waals surface area contributed by atoms with Crippen LogP contribution in [-0.4, -0.2) is 69.9 Å². The zero-order valence-corrected chi connectivity index (χ0v) is 25.9. The lowest BCUT2D eigenvalue weighted by Gasteiger charge is -2.44. The van der Waals surface area contributed by atoms with E-state index in [4.69, 9.17) is 28.7 Å². The third-order valence-corrected chi connectivity index (χ3v) is 7.91. The summed E-state index contributed by atoms with van der Waals surface area (Å²) in [6.45, 7) is 7.53. The van der Waals surface area contributed by atoms with E-state index in [-0.39, 0.29) is 6.61 Å². The fourth-order valence-electron chi connectivity index (χ4n) is 4.97. The highest BCUT2D eigenvalue weighted by Gasteiger charge is 2.52. The van der Waals surface area contributed by atoms with Crippen molar-refractivity contribution in [3.63, 3.8) is 0 Å². The smallest absolute Gasteiger partial charge is 0.303 e. The molecule has 1 aliphatic heterocycles. The number of aryl methyl sites for hydroxylation is 1. The van der Waals surface area contributed by atoms with Gasteiger partial charge in [0.1, 0.15) is 12.7 Å². The molecule has 1 aromatic heterocycles. The second kappa shape index (κ2) is 16.5. The van der Waals surface area contributed by atoms with Crippen molar-refractivity contribution in [2.24, 2.45) is 0 Å². The molecule has 1 aliphatic rings. The number of thioether (sulfide) groups is 1. The van der Waals surface area contributed by atoms with Crippen LogP contribution in [0.2, 0.25) is 0 Å². The van der Waals surface area contributed by atoms with Gasteiger partial charge in [-0.3, -0.25) is 19.2 Å². The highest BCUT2D eigenvalue weighted by atomic mass is 32.2. The van der Waals surface area contributed by atoms with Crippen LogP contribution in [0, 0.1) is 0 Å². The van der Waals surface area contributed by atoms with Crippen LogP contribution in [-0.2, 0) is 49.4 Å². The Labute approximate surface area is 250 Å². The lowest BCUT2D eigenvalue weighted by atomic mass is 9.99. The molecule has 0 saturated carbocycles. The molecule has 1 fully saturated rings. The van der Waals surface area contributed by atoms with Crippen LogP contribution in [0.25, 0.3) is 11.0 Å². The van der Waals surface area contributed by atoms with Crippen LogP contribution < -0.4 is 0 Å². The molecule has 0 N–H and O–H groups in total. The molecule has 1 saturated heterocycles. The molecule has 0 spiro atoms. The molecule has 232 valence electrons.